The molecule has 0 aliphatic heterocycles. The van der Waals surface area contributed by atoms with Crippen LogP contribution in [0.25, 0.3) is 0 Å². The van der Waals surface area contributed by atoms with Crippen molar-refractivity contribution in [2.75, 3.05) is 13.2 Å². The Hall–Kier alpha value is -0.870. The molecule has 0 unspecified atom stereocenters. The third-order valence-electron chi connectivity index (χ3n) is 2.54. The van der Waals surface area contributed by atoms with Gasteiger partial charge in [-0.25, -0.2) is 4.39 Å². The fourth-order valence-electron chi connectivity index (χ4n) is 1.40. The first-order chi connectivity index (χ1) is 8.15. The molecule has 0 aromatic heterocycles. The summed E-state index contributed by atoms with van der Waals surface area (Å²) in [5, 5.41) is 3.34. The molecule has 4 heteroatoms. The van der Waals surface area contributed by atoms with Gasteiger partial charge in [-0.15, -0.1) is 0 Å². The quantitative estimate of drug-likeness (QED) is 0.814. The zero-order chi connectivity index (χ0) is 12.3. The molecule has 0 bridgehead atoms. The monoisotopic (exact) mass is 299 g/mol. The Morgan fingerprint density at radius 2 is 2.29 bits per heavy atom. The van der Waals surface area contributed by atoms with E-state index in [1.165, 1.54) is 18.9 Å². The first-order valence-corrected chi connectivity index (χ1v) is 6.42. The average molecular weight is 300 g/mol. The van der Waals surface area contributed by atoms with E-state index in [-0.39, 0.29) is 11.6 Å². The minimum absolute atomic E-state index is 0.265. The summed E-state index contributed by atoms with van der Waals surface area (Å²) in [7, 11) is 0. The summed E-state index contributed by atoms with van der Waals surface area (Å²) < 4.78 is 19.5. The minimum atomic E-state index is -0.359. The lowest BCUT2D eigenvalue weighted by Crippen LogP contribution is -2.21. The highest BCUT2D eigenvalue weighted by Gasteiger charge is 2.20. The topological polar surface area (TPSA) is 21.3 Å². The van der Waals surface area contributed by atoms with Gasteiger partial charge < -0.3 is 10.1 Å². The Labute approximate surface area is 109 Å². The van der Waals surface area contributed by atoms with Crippen LogP contribution in [0.1, 0.15) is 12.8 Å². The van der Waals surface area contributed by atoms with Crippen LogP contribution in [-0.4, -0.2) is 19.2 Å². The fraction of sp³-hybridized carbons (Fsp3) is 0.385. The van der Waals surface area contributed by atoms with Gasteiger partial charge in [0.05, 0.1) is 0 Å². The highest BCUT2D eigenvalue weighted by molar-refractivity contribution is 9.10. The van der Waals surface area contributed by atoms with E-state index in [9.17, 15) is 4.39 Å². The van der Waals surface area contributed by atoms with Crippen molar-refractivity contribution in [1.82, 2.24) is 5.32 Å². The number of rotatable bonds is 6. The second kappa shape index (κ2) is 5.65. The van der Waals surface area contributed by atoms with Gasteiger partial charge in [0.1, 0.15) is 6.61 Å². The highest BCUT2D eigenvalue weighted by atomic mass is 79.9. The molecule has 0 saturated heterocycles. The second-order valence-corrected chi connectivity index (χ2v) is 5.18. The van der Waals surface area contributed by atoms with Crippen molar-refractivity contribution >= 4 is 15.9 Å². The predicted octanol–water partition coefficient (Wildman–Crippen LogP) is 3.28. The molecule has 0 spiro atoms. The van der Waals surface area contributed by atoms with Crippen LogP contribution in [0.15, 0.2) is 34.8 Å². The van der Waals surface area contributed by atoms with E-state index in [2.05, 4.69) is 27.8 Å². The van der Waals surface area contributed by atoms with Gasteiger partial charge in [0, 0.05) is 17.1 Å². The first kappa shape index (κ1) is 12.6. The molecule has 1 fully saturated rings. The van der Waals surface area contributed by atoms with E-state index in [4.69, 9.17) is 4.74 Å². The third-order valence-corrected chi connectivity index (χ3v) is 3.04. The summed E-state index contributed by atoms with van der Waals surface area (Å²) in [6.07, 6.45) is 2.49. The molecule has 92 valence electrons. The van der Waals surface area contributed by atoms with Crippen LogP contribution in [0.5, 0.6) is 5.75 Å². The molecular weight excluding hydrogens is 285 g/mol. The zero-order valence-corrected chi connectivity index (χ0v) is 11.1. The Morgan fingerprint density at radius 1 is 1.53 bits per heavy atom. The predicted molar refractivity (Wildman–Crippen MR) is 69.8 cm³/mol. The van der Waals surface area contributed by atoms with Crippen molar-refractivity contribution in [3.63, 3.8) is 0 Å². The molecular formula is C13H15BrFNO. The van der Waals surface area contributed by atoms with Gasteiger partial charge in [0.15, 0.2) is 11.6 Å². The van der Waals surface area contributed by atoms with Crippen molar-refractivity contribution < 1.29 is 9.13 Å². The Kier molecular flexibility index (Phi) is 4.18. The number of hydrogen-bond donors (Lipinski definition) is 1. The maximum Gasteiger partial charge on any atom is 0.166 e. The van der Waals surface area contributed by atoms with Crippen LogP contribution in [0.3, 0.4) is 0 Å². The molecule has 17 heavy (non-hydrogen) atoms. The number of ether oxygens (including phenoxy) is 1. The fourth-order valence-corrected chi connectivity index (χ4v) is 1.73. The van der Waals surface area contributed by atoms with Crippen LogP contribution < -0.4 is 10.1 Å². The number of nitrogens with one attached hydrogen (secondary N) is 1. The molecule has 1 aromatic carbocycles. The largest absolute Gasteiger partial charge is 0.486 e. The molecule has 0 amide bonds. The summed E-state index contributed by atoms with van der Waals surface area (Å²) in [6.45, 7) is 4.98. The summed E-state index contributed by atoms with van der Waals surface area (Å²) >= 11 is 3.20. The molecule has 1 saturated carbocycles. The van der Waals surface area contributed by atoms with Gasteiger partial charge in [-0.05, 0) is 36.6 Å². The highest BCUT2D eigenvalue weighted by Crippen LogP contribution is 2.22. The molecule has 1 N–H and O–H groups in total. The standard InChI is InChI=1S/C13H15BrFNO/c1-9(7-16-11-3-4-11)8-17-13-5-2-10(14)6-12(13)15/h2,5-6,11,16H,1,3-4,7-8H2. The molecule has 0 radical (unpaired) electrons. The van der Waals surface area contributed by atoms with E-state index < -0.39 is 0 Å². The average Bonchev–Trinajstić information content (AvgIpc) is 3.09. The van der Waals surface area contributed by atoms with Gasteiger partial charge in [-0.2, -0.15) is 0 Å². The molecule has 0 atom stereocenters. The third kappa shape index (κ3) is 4.13. The van der Waals surface area contributed by atoms with Crippen molar-refractivity contribution in [3.05, 3.63) is 40.6 Å². The van der Waals surface area contributed by atoms with E-state index in [0.29, 0.717) is 17.1 Å². The van der Waals surface area contributed by atoms with E-state index in [0.717, 1.165) is 12.1 Å². The summed E-state index contributed by atoms with van der Waals surface area (Å²) in [4.78, 5) is 0. The normalized spacial score (nSPS) is 14.7. The van der Waals surface area contributed by atoms with Gasteiger partial charge in [0.25, 0.3) is 0 Å². The Bertz CT molecular complexity index is 418. The van der Waals surface area contributed by atoms with Gasteiger partial charge in [-0.1, -0.05) is 22.5 Å². The Balaban J connectivity index is 1.77. The minimum Gasteiger partial charge on any atom is -0.486 e. The lowest BCUT2D eigenvalue weighted by molar-refractivity contribution is 0.329. The van der Waals surface area contributed by atoms with Gasteiger partial charge in [-0.3, -0.25) is 0 Å². The summed E-state index contributed by atoms with van der Waals surface area (Å²) in [5.41, 5.74) is 0.930. The van der Waals surface area contributed by atoms with Crippen molar-refractivity contribution in [3.8, 4) is 5.75 Å². The van der Waals surface area contributed by atoms with Crippen LogP contribution in [0, 0.1) is 5.82 Å². The second-order valence-electron chi connectivity index (χ2n) is 4.27. The molecule has 2 nitrogen and oxygen atoms in total. The van der Waals surface area contributed by atoms with Crippen LogP contribution in [0.4, 0.5) is 4.39 Å². The van der Waals surface area contributed by atoms with Crippen LogP contribution >= 0.6 is 15.9 Å². The molecule has 1 aromatic rings. The maximum atomic E-state index is 13.4. The SMILES string of the molecule is C=C(CNC1CC1)COc1ccc(Br)cc1F. The maximum absolute atomic E-state index is 13.4. The van der Waals surface area contributed by atoms with Gasteiger partial charge >= 0.3 is 0 Å². The van der Waals surface area contributed by atoms with E-state index in [1.807, 2.05) is 0 Å². The summed E-state index contributed by atoms with van der Waals surface area (Å²) in [5.74, 6) is -0.0944. The van der Waals surface area contributed by atoms with Crippen LogP contribution in [0.2, 0.25) is 0 Å². The van der Waals surface area contributed by atoms with E-state index in [1.54, 1.807) is 12.1 Å². The molecule has 1 aliphatic carbocycles. The Morgan fingerprint density at radius 3 is 2.94 bits per heavy atom. The lowest BCUT2D eigenvalue weighted by Gasteiger charge is -2.10. The lowest BCUT2D eigenvalue weighted by atomic mass is 10.3. The first-order valence-electron chi connectivity index (χ1n) is 5.63. The summed E-state index contributed by atoms with van der Waals surface area (Å²) in [6, 6.07) is 5.40. The van der Waals surface area contributed by atoms with Crippen molar-refractivity contribution in [1.29, 1.82) is 0 Å². The number of hydrogen-bond acceptors (Lipinski definition) is 2. The molecule has 2 rings (SSSR count). The molecule has 1 aliphatic rings. The number of halogens is 2. The number of benzene rings is 1. The smallest absolute Gasteiger partial charge is 0.166 e. The zero-order valence-electron chi connectivity index (χ0n) is 9.51. The van der Waals surface area contributed by atoms with Crippen molar-refractivity contribution in [2.45, 2.75) is 18.9 Å². The van der Waals surface area contributed by atoms with Crippen molar-refractivity contribution in [2.24, 2.45) is 0 Å². The molecule has 0 heterocycles. The van der Waals surface area contributed by atoms with Gasteiger partial charge in [0.2, 0.25) is 0 Å². The van der Waals surface area contributed by atoms with E-state index >= 15 is 0 Å². The van der Waals surface area contributed by atoms with Crippen LogP contribution in [-0.2, 0) is 0 Å².